The molecule has 0 N–H and O–H groups in total. The zero-order chi connectivity index (χ0) is 14.7. The summed E-state index contributed by atoms with van der Waals surface area (Å²) in [7, 11) is 0. The van der Waals surface area contributed by atoms with Crippen molar-refractivity contribution in [3.63, 3.8) is 0 Å². The zero-order valence-corrected chi connectivity index (χ0v) is 12.7. The van der Waals surface area contributed by atoms with Gasteiger partial charge in [-0.1, -0.05) is 6.07 Å². The minimum Gasteiger partial charge on any atom is -0.284 e. The third-order valence-electron chi connectivity index (χ3n) is 2.91. The first-order valence-corrected chi connectivity index (χ1v) is 7.57. The first-order valence-electron chi connectivity index (χ1n) is 6.69. The molecule has 0 aliphatic rings. The van der Waals surface area contributed by atoms with Crippen LogP contribution in [0.4, 0.5) is 11.1 Å². The van der Waals surface area contributed by atoms with Crippen LogP contribution < -0.4 is 4.90 Å². The second kappa shape index (κ2) is 5.97. The smallest absolute Gasteiger partial charge is 0.231 e. The van der Waals surface area contributed by atoms with Crippen molar-refractivity contribution in [2.24, 2.45) is 0 Å². The van der Waals surface area contributed by atoms with E-state index in [-0.39, 0.29) is 6.04 Å². The van der Waals surface area contributed by atoms with Crippen molar-refractivity contribution in [3.05, 3.63) is 48.2 Å². The molecule has 106 valence electrons. The van der Waals surface area contributed by atoms with E-state index >= 15 is 0 Å². The van der Waals surface area contributed by atoms with Gasteiger partial charge < -0.3 is 0 Å². The summed E-state index contributed by atoms with van der Waals surface area (Å²) in [6.07, 6.45) is 5.25. The molecule has 0 fully saturated rings. The summed E-state index contributed by atoms with van der Waals surface area (Å²) in [5, 5.41) is 2.88. The average molecular weight is 297 g/mol. The van der Waals surface area contributed by atoms with Crippen molar-refractivity contribution in [1.82, 2.24) is 19.9 Å². The van der Waals surface area contributed by atoms with Gasteiger partial charge in [-0.2, -0.15) is 0 Å². The molecule has 6 heteroatoms. The number of hydrogen-bond acceptors (Lipinski definition) is 6. The van der Waals surface area contributed by atoms with Gasteiger partial charge in [0.15, 0.2) is 5.13 Å². The highest BCUT2D eigenvalue weighted by atomic mass is 32.1. The highest BCUT2D eigenvalue weighted by Gasteiger charge is 2.19. The van der Waals surface area contributed by atoms with Crippen LogP contribution in [0.5, 0.6) is 0 Å². The monoisotopic (exact) mass is 297 g/mol. The first-order chi connectivity index (χ1) is 10.3. The Morgan fingerprint density at radius 3 is 2.38 bits per heavy atom. The Morgan fingerprint density at radius 2 is 1.71 bits per heavy atom. The van der Waals surface area contributed by atoms with Crippen molar-refractivity contribution >= 4 is 22.4 Å². The van der Waals surface area contributed by atoms with Crippen molar-refractivity contribution in [3.8, 4) is 11.4 Å². The van der Waals surface area contributed by atoms with Gasteiger partial charge in [-0.3, -0.25) is 9.88 Å². The van der Waals surface area contributed by atoms with Crippen molar-refractivity contribution < 1.29 is 0 Å². The Bertz CT molecular complexity index is 696. The second-order valence-electron chi connectivity index (χ2n) is 4.74. The quantitative estimate of drug-likeness (QED) is 0.737. The van der Waals surface area contributed by atoms with E-state index < -0.39 is 0 Å². The molecule has 5 nitrogen and oxygen atoms in total. The highest BCUT2D eigenvalue weighted by molar-refractivity contribution is 7.14. The summed E-state index contributed by atoms with van der Waals surface area (Å²) in [5.74, 6) is 0.662. The molecule has 3 aromatic rings. The fourth-order valence-corrected chi connectivity index (χ4v) is 2.91. The van der Waals surface area contributed by atoms with E-state index in [0.717, 1.165) is 16.5 Å². The minimum atomic E-state index is 0.218. The molecule has 0 spiro atoms. The normalized spacial score (nSPS) is 10.8. The third kappa shape index (κ3) is 2.90. The molecule has 21 heavy (non-hydrogen) atoms. The van der Waals surface area contributed by atoms with E-state index in [1.807, 2.05) is 34.5 Å². The third-order valence-corrected chi connectivity index (χ3v) is 3.75. The summed E-state index contributed by atoms with van der Waals surface area (Å²) in [6.45, 7) is 4.19. The van der Waals surface area contributed by atoms with E-state index in [0.29, 0.717) is 5.95 Å². The van der Waals surface area contributed by atoms with Crippen LogP contribution in [-0.2, 0) is 0 Å². The van der Waals surface area contributed by atoms with Crippen molar-refractivity contribution in [2.75, 3.05) is 4.90 Å². The maximum absolute atomic E-state index is 4.68. The van der Waals surface area contributed by atoms with Gasteiger partial charge in [-0.15, -0.1) is 11.3 Å². The summed E-state index contributed by atoms with van der Waals surface area (Å²) in [5.41, 5.74) is 1.75. The predicted molar refractivity (Wildman–Crippen MR) is 84.7 cm³/mol. The van der Waals surface area contributed by atoms with Crippen molar-refractivity contribution in [2.45, 2.75) is 19.9 Å². The fraction of sp³-hybridized carbons (Fsp3) is 0.200. The molecule has 0 aliphatic carbocycles. The second-order valence-corrected chi connectivity index (χ2v) is 5.58. The Balaban J connectivity index is 1.97. The van der Waals surface area contributed by atoms with E-state index in [1.165, 1.54) is 0 Å². The van der Waals surface area contributed by atoms with Gasteiger partial charge in [0.05, 0.1) is 5.69 Å². The molecule has 0 atom stereocenters. The number of hydrogen-bond donors (Lipinski definition) is 0. The van der Waals surface area contributed by atoms with E-state index in [9.17, 15) is 0 Å². The van der Waals surface area contributed by atoms with Gasteiger partial charge in [-0.05, 0) is 32.0 Å². The SMILES string of the molecule is CC(C)N(c1ncccn1)c1nc(-c2ccccn2)cs1. The van der Waals surface area contributed by atoms with Gasteiger partial charge in [0, 0.05) is 30.0 Å². The van der Waals surface area contributed by atoms with Crippen LogP contribution in [0.2, 0.25) is 0 Å². The van der Waals surface area contributed by atoms with Gasteiger partial charge in [0.1, 0.15) is 5.69 Å². The molecule has 3 rings (SSSR count). The molecule has 0 unspecified atom stereocenters. The van der Waals surface area contributed by atoms with Crippen LogP contribution in [-0.4, -0.2) is 26.0 Å². The van der Waals surface area contributed by atoms with Gasteiger partial charge >= 0.3 is 0 Å². The average Bonchev–Trinajstić information content (AvgIpc) is 2.98. The van der Waals surface area contributed by atoms with E-state index in [4.69, 9.17) is 0 Å². The Morgan fingerprint density at radius 1 is 0.952 bits per heavy atom. The molecule has 0 aromatic carbocycles. The van der Waals surface area contributed by atoms with Crippen molar-refractivity contribution in [1.29, 1.82) is 0 Å². The molecule has 0 radical (unpaired) electrons. The molecular weight excluding hydrogens is 282 g/mol. The first kappa shape index (κ1) is 13.6. The van der Waals surface area contributed by atoms with Crippen LogP contribution in [0.3, 0.4) is 0 Å². The number of aromatic nitrogens is 4. The maximum atomic E-state index is 4.68. The number of nitrogens with zero attached hydrogens (tertiary/aromatic N) is 5. The number of thiazole rings is 1. The Kier molecular flexibility index (Phi) is 3.87. The largest absolute Gasteiger partial charge is 0.284 e. The van der Waals surface area contributed by atoms with Crippen LogP contribution >= 0.6 is 11.3 Å². The summed E-state index contributed by atoms with van der Waals surface area (Å²) in [6, 6.07) is 7.84. The van der Waals surface area contributed by atoms with Crippen LogP contribution in [0.15, 0.2) is 48.2 Å². The maximum Gasteiger partial charge on any atom is 0.231 e. The Labute approximate surface area is 127 Å². The predicted octanol–water partition coefficient (Wildman–Crippen LogP) is 3.54. The number of anilines is 2. The molecule has 3 heterocycles. The van der Waals surface area contributed by atoms with E-state index in [2.05, 4.69) is 33.8 Å². The summed E-state index contributed by atoms with van der Waals surface area (Å²) >= 11 is 1.57. The molecule has 0 bridgehead atoms. The van der Waals surface area contributed by atoms with E-state index in [1.54, 1.807) is 29.9 Å². The zero-order valence-electron chi connectivity index (χ0n) is 11.8. The highest BCUT2D eigenvalue weighted by Crippen LogP contribution is 2.31. The summed E-state index contributed by atoms with van der Waals surface area (Å²) in [4.78, 5) is 19.7. The molecular formula is C15H15N5S. The lowest BCUT2D eigenvalue weighted by atomic mass is 10.3. The lowest BCUT2D eigenvalue weighted by molar-refractivity contribution is 0.760. The minimum absolute atomic E-state index is 0.218. The summed E-state index contributed by atoms with van der Waals surface area (Å²) < 4.78 is 0. The van der Waals surface area contributed by atoms with Gasteiger partial charge in [0.2, 0.25) is 5.95 Å². The molecule has 3 aromatic heterocycles. The van der Waals surface area contributed by atoms with Gasteiger partial charge in [-0.25, -0.2) is 15.0 Å². The Hall–Kier alpha value is -2.34. The lowest BCUT2D eigenvalue weighted by Gasteiger charge is -2.23. The van der Waals surface area contributed by atoms with Gasteiger partial charge in [0.25, 0.3) is 0 Å². The molecule has 0 aliphatic heterocycles. The molecule has 0 saturated heterocycles. The molecule has 0 amide bonds. The van der Waals surface area contributed by atoms with Crippen LogP contribution in [0.1, 0.15) is 13.8 Å². The lowest BCUT2D eigenvalue weighted by Crippen LogP contribution is -2.27. The van der Waals surface area contributed by atoms with Crippen LogP contribution in [0.25, 0.3) is 11.4 Å². The standard InChI is InChI=1S/C15H15N5S/c1-11(2)20(14-17-8-5-9-18-14)15-19-13(10-21-15)12-6-3-4-7-16-12/h3-11H,1-2H3. The van der Waals surface area contributed by atoms with Crippen LogP contribution in [0, 0.1) is 0 Å². The number of pyridine rings is 1. The topological polar surface area (TPSA) is 54.8 Å². The molecule has 0 saturated carbocycles. The fourth-order valence-electron chi connectivity index (χ4n) is 1.96. The number of rotatable bonds is 4.